The Labute approximate surface area is 114 Å². The number of carbonyl (C=O) groups is 1. The minimum absolute atomic E-state index is 0.150. The highest BCUT2D eigenvalue weighted by Gasteiger charge is 2.40. The van der Waals surface area contributed by atoms with Gasteiger partial charge in [0.2, 0.25) is 0 Å². The fraction of sp³-hybridized carbons (Fsp3) is 0.571. The normalized spacial score (nSPS) is 17.2. The summed E-state index contributed by atoms with van der Waals surface area (Å²) >= 11 is 0. The fourth-order valence-corrected chi connectivity index (χ4v) is 2.87. The van der Waals surface area contributed by atoms with Crippen LogP contribution in [0, 0.1) is 13.8 Å². The smallest absolute Gasteiger partial charge is 0.252 e. The molecule has 0 bridgehead atoms. The maximum atomic E-state index is 11.6. The van der Waals surface area contributed by atoms with E-state index in [1.807, 2.05) is 19.9 Å². The molecule has 19 heavy (non-hydrogen) atoms. The first-order valence-electron chi connectivity index (χ1n) is 6.68. The van der Waals surface area contributed by atoms with Crippen molar-refractivity contribution in [1.29, 1.82) is 0 Å². The lowest BCUT2D eigenvalue weighted by Gasteiger charge is -2.49. The summed E-state index contributed by atoms with van der Waals surface area (Å²) in [7, 11) is 0. The Kier molecular flexibility index (Phi) is 3.49. The summed E-state index contributed by atoms with van der Waals surface area (Å²) in [5, 5.41) is 0. The largest absolute Gasteiger partial charge is 0.365 e. The van der Waals surface area contributed by atoms with Crippen LogP contribution in [0.3, 0.4) is 0 Å². The Morgan fingerprint density at radius 2 is 2.11 bits per heavy atom. The quantitative estimate of drug-likeness (QED) is 0.851. The lowest BCUT2D eigenvalue weighted by atomic mass is 9.86. The third-order valence-electron chi connectivity index (χ3n) is 3.63. The third kappa shape index (κ3) is 2.56. The number of carbonyl (C=O) groups excluding carboxylic acids is 1. The monoisotopic (exact) mass is 262 g/mol. The van der Waals surface area contributed by atoms with Crippen molar-refractivity contribution >= 4 is 11.7 Å². The van der Waals surface area contributed by atoms with Crippen molar-refractivity contribution in [1.82, 2.24) is 4.98 Å². The number of aryl methyl sites for hydroxylation is 2. The minimum atomic E-state index is -0.426. The Balaban J connectivity index is 2.29. The van der Waals surface area contributed by atoms with E-state index >= 15 is 0 Å². The second kappa shape index (κ2) is 4.81. The maximum absolute atomic E-state index is 11.6. The number of nitrogens with two attached hydrogens (primary N) is 2. The van der Waals surface area contributed by atoms with Gasteiger partial charge in [0, 0.05) is 18.8 Å². The van der Waals surface area contributed by atoms with Gasteiger partial charge < -0.3 is 16.4 Å². The van der Waals surface area contributed by atoms with Crippen molar-refractivity contribution in [3.05, 3.63) is 22.9 Å². The van der Waals surface area contributed by atoms with Crippen molar-refractivity contribution in [3.8, 4) is 0 Å². The highest BCUT2D eigenvalue weighted by atomic mass is 16.1. The van der Waals surface area contributed by atoms with Gasteiger partial charge in [0.25, 0.3) is 5.91 Å². The predicted molar refractivity (Wildman–Crippen MR) is 76.3 cm³/mol. The zero-order valence-corrected chi connectivity index (χ0v) is 11.9. The molecular weight excluding hydrogens is 240 g/mol. The summed E-state index contributed by atoms with van der Waals surface area (Å²) in [6, 6.07) is 1.88. The van der Waals surface area contributed by atoms with Gasteiger partial charge in [-0.1, -0.05) is 13.3 Å². The van der Waals surface area contributed by atoms with E-state index < -0.39 is 5.91 Å². The fourth-order valence-electron chi connectivity index (χ4n) is 2.87. The number of hydrogen-bond acceptors (Lipinski definition) is 4. The van der Waals surface area contributed by atoms with Crippen molar-refractivity contribution in [2.24, 2.45) is 11.5 Å². The highest BCUT2D eigenvalue weighted by Crippen LogP contribution is 2.31. The van der Waals surface area contributed by atoms with Crippen LogP contribution in [0.15, 0.2) is 6.07 Å². The van der Waals surface area contributed by atoms with Crippen LogP contribution in [0.25, 0.3) is 0 Å². The number of rotatable bonds is 4. The van der Waals surface area contributed by atoms with E-state index in [-0.39, 0.29) is 5.54 Å². The van der Waals surface area contributed by atoms with Gasteiger partial charge in [-0.15, -0.1) is 0 Å². The van der Waals surface area contributed by atoms with E-state index in [2.05, 4.69) is 16.8 Å². The standard InChI is InChI=1S/C14H22N4O/c1-4-5-14(16)7-18(8-14)13-11(12(15)19)9(2)6-10(3)17-13/h6H,4-5,7-8,16H2,1-3H3,(H2,15,19). The molecule has 0 aliphatic carbocycles. The van der Waals surface area contributed by atoms with Crippen molar-refractivity contribution in [3.63, 3.8) is 0 Å². The van der Waals surface area contributed by atoms with Crippen molar-refractivity contribution < 1.29 is 4.79 Å². The van der Waals surface area contributed by atoms with E-state index in [0.717, 1.165) is 37.2 Å². The van der Waals surface area contributed by atoms with Crippen LogP contribution in [-0.4, -0.2) is 29.5 Å². The molecular formula is C14H22N4O. The van der Waals surface area contributed by atoms with Crippen molar-refractivity contribution in [2.75, 3.05) is 18.0 Å². The Bertz CT molecular complexity index is 506. The molecule has 1 fully saturated rings. The molecule has 0 spiro atoms. The Hall–Kier alpha value is -1.62. The molecule has 1 aliphatic rings. The second-order valence-electron chi connectivity index (χ2n) is 5.61. The van der Waals surface area contributed by atoms with E-state index in [4.69, 9.17) is 11.5 Å². The predicted octanol–water partition coefficient (Wildman–Crippen LogP) is 1.11. The molecule has 1 amide bonds. The molecule has 4 N–H and O–H groups in total. The average Bonchev–Trinajstić information content (AvgIpc) is 2.24. The maximum Gasteiger partial charge on any atom is 0.252 e. The van der Waals surface area contributed by atoms with E-state index in [0.29, 0.717) is 11.4 Å². The van der Waals surface area contributed by atoms with Crippen LogP contribution in [0.5, 0.6) is 0 Å². The summed E-state index contributed by atoms with van der Waals surface area (Å²) in [5.41, 5.74) is 13.9. The number of primary amides is 1. The van der Waals surface area contributed by atoms with E-state index in [1.165, 1.54) is 0 Å². The molecule has 5 nitrogen and oxygen atoms in total. The van der Waals surface area contributed by atoms with Gasteiger partial charge in [-0.25, -0.2) is 4.98 Å². The molecule has 1 saturated heterocycles. The SMILES string of the molecule is CCCC1(N)CN(c2nc(C)cc(C)c2C(N)=O)C1. The lowest BCUT2D eigenvalue weighted by Crippen LogP contribution is -2.67. The van der Waals surface area contributed by atoms with Gasteiger partial charge in [0.1, 0.15) is 5.82 Å². The van der Waals surface area contributed by atoms with Crippen LogP contribution in [0.2, 0.25) is 0 Å². The first kappa shape index (κ1) is 13.8. The number of anilines is 1. The Morgan fingerprint density at radius 1 is 1.47 bits per heavy atom. The topological polar surface area (TPSA) is 85.2 Å². The number of aromatic nitrogens is 1. The van der Waals surface area contributed by atoms with E-state index in [1.54, 1.807) is 0 Å². The van der Waals surface area contributed by atoms with Crippen LogP contribution in [-0.2, 0) is 0 Å². The molecule has 1 aromatic rings. The molecule has 0 atom stereocenters. The first-order chi connectivity index (χ1) is 8.86. The highest BCUT2D eigenvalue weighted by molar-refractivity contribution is 5.99. The zero-order valence-electron chi connectivity index (χ0n) is 11.9. The van der Waals surface area contributed by atoms with Gasteiger partial charge in [0.15, 0.2) is 0 Å². The van der Waals surface area contributed by atoms with Gasteiger partial charge in [-0.2, -0.15) is 0 Å². The van der Waals surface area contributed by atoms with Gasteiger partial charge >= 0.3 is 0 Å². The van der Waals surface area contributed by atoms with Crippen LogP contribution < -0.4 is 16.4 Å². The van der Waals surface area contributed by atoms with Crippen LogP contribution in [0.1, 0.15) is 41.4 Å². The summed E-state index contributed by atoms with van der Waals surface area (Å²) in [5.74, 6) is 0.257. The Morgan fingerprint density at radius 3 is 2.63 bits per heavy atom. The molecule has 0 saturated carbocycles. The van der Waals surface area contributed by atoms with Gasteiger partial charge in [-0.3, -0.25) is 4.79 Å². The molecule has 1 aromatic heterocycles. The second-order valence-corrected chi connectivity index (χ2v) is 5.61. The first-order valence-corrected chi connectivity index (χ1v) is 6.68. The van der Waals surface area contributed by atoms with E-state index in [9.17, 15) is 4.79 Å². The molecule has 2 rings (SSSR count). The van der Waals surface area contributed by atoms with Gasteiger partial charge in [-0.05, 0) is 31.9 Å². The minimum Gasteiger partial charge on any atom is -0.365 e. The summed E-state index contributed by atoms with van der Waals surface area (Å²) in [4.78, 5) is 18.1. The van der Waals surface area contributed by atoms with Crippen LogP contribution in [0.4, 0.5) is 5.82 Å². The molecule has 5 heteroatoms. The van der Waals surface area contributed by atoms with Crippen LogP contribution >= 0.6 is 0 Å². The zero-order chi connectivity index (χ0) is 14.2. The summed E-state index contributed by atoms with van der Waals surface area (Å²) < 4.78 is 0. The molecule has 1 aliphatic heterocycles. The molecule has 2 heterocycles. The lowest BCUT2D eigenvalue weighted by molar-refractivity contribution is 0.0999. The number of hydrogen-bond donors (Lipinski definition) is 2. The average molecular weight is 262 g/mol. The number of nitrogens with zero attached hydrogens (tertiary/aromatic N) is 2. The van der Waals surface area contributed by atoms with Gasteiger partial charge in [0.05, 0.1) is 11.1 Å². The summed E-state index contributed by atoms with van der Waals surface area (Å²) in [6.45, 7) is 7.40. The molecule has 0 aromatic carbocycles. The molecule has 104 valence electrons. The third-order valence-corrected chi connectivity index (χ3v) is 3.63. The summed E-state index contributed by atoms with van der Waals surface area (Å²) in [6.07, 6.45) is 2.05. The number of amides is 1. The molecule has 0 radical (unpaired) electrons. The molecule has 0 unspecified atom stereocenters. The van der Waals surface area contributed by atoms with Crippen molar-refractivity contribution in [2.45, 2.75) is 39.2 Å². The number of pyridine rings is 1.